The van der Waals surface area contributed by atoms with E-state index in [0.29, 0.717) is 12.1 Å². The first-order chi connectivity index (χ1) is 7.18. The summed E-state index contributed by atoms with van der Waals surface area (Å²) in [6.45, 7) is 5.70. The van der Waals surface area contributed by atoms with E-state index in [4.69, 9.17) is 0 Å². The van der Waals surface area contributed by atoms with Crippen LogP contribution < -0.4 is 0 Å². The molecule has 1 saturated carbocycles. The van der Waals surface area contributed by atoms with Crippen molar-refractivity contribution in [2.45, 2.75) is 50.8 Å². The molecule has 0 aromatic rings. The Labute approximate surface area is 93.1 Å². The van der Waals surface area contributed by atoms with Crippen molar-refractivity contribution < 1.29 is 5.11 Å². The summed E-state index contributed by atoms with van der Waals surface area (Å²) in [4.78, 5) is 4.92. The first-order valence-corrected chi connectivity index (χ1v) is 6.31. The minimum atomic E-state index is -0.0791. The van der Waals surface area contributed by atoms with Crippen LogP contribution in [-0.2, 0) is 0 Å². The molecule has 0 bridgehead atoms. The maximum Gasteiger partial charge on any atom is 0.0695 e. The lowest BCUT2D eigenvalue weighted by Crippen LogP contribution is -2.57. The zero-order valence-electron chi connectivity index (χ0n) is 10.0. The number of piperazine rings is 1. The zero-order valence-corrected chi connectivity index (χ0v) is 10.0. The summed E-state index contributed by atoms with van der Waals surface area (Å²) >= 11 is 0. The van der Waals surface area contributed by atoms with E-state index in [1.807, 2.05) is 0 Å². The van der Waals surface area contributed by atoms with Gasteiger partial charge in [-0.15, -0.1) is 0 Å². The molecular formula is C12H24N2O. The molecule has 3 unspecified atom stereocenters. The van der Waals surface area contributed by atoms with Crippen molar-refractivity contribution in [3.05, 3.63) is 0 Å². The van der Waals surface area contributed by atoms with Crippen LogP contribution in [-0.4, -0.2) is 59.8 Å². The van der Waals surface area contributed by atoms with Gasteiger partial charge in [0.2, 0.25) is 0 Å². The summed E-state index contributed by atoms with van der Waals surface area (Å²) in [5, 5.41) is 10.0. The van der Waals surface area contributed by atoms with Gasteiger partial charge < -0.3 is 10.0 Å². The Kier molecular flexibility index (Phi) is 3.65. The molecular weight excluding hydrogens is 188 g/mol. The largest absolute Gasteiger partial charge is 0.391 e. The molecule has 0 amide bonds. The molecule has 1 N–H and O–H groups in total. The fourth-order valence-electron chi connectivity index (χ4n) is 3.13. The van der Waals surface area contributed by atoms with Gasteiger partial charge in [0.05, 0.1) is 6.10 Å². The van der Waals surface area contributed by atoms with E-state index in [1.54, 1.807) is 0 Å². The quantitative estimate of drug-likeness (QED) is 0.700. The minimum Gasteiger partial charge on any atom is -0.391 e. The van der Waals surface area contributed by atoms with Gasteiger partial charge in [-0.2, -0.15) is 0 Å². The number of rotatable bonds is 1. The monoisotopic (exact) mass is 212 g/mol. The number of hydrogen-bond acceptors (Lipinski definition) is 3. The molecule has 3 nitrogen and oxygen atoms in total. The molecule has 3 heteroatoms. The standard InChI is InChI=1S/C12H24N2O/c1-10-9-13(2)7-8-14(10)11-5-3-4-6-12(11)15/h10-12,15H,3-9H2,1-2H3. The lowest BCUT2D eigenvalue weighted by molar-refractivity contribution is -0.0244. The van der Waals surface area contributed by atoms with Crippen LogP contribution in [0.25, 0.3) is 0 Å². The molecule has 0 aromatic carbocycles. The van der Waals surface area contributed by atoms with E-state index in [2.05, 4.69) is 23.8 Å². The molecule has 1 aliphatic heterocycles. The van der Waals surface area contributed by atoms with Gasteiger partial charge in [-0.05, 0) is 26.8 Å². The van der Waals surface area contributed by atoms with Gasteiger partial charge in [0.25, 0.3) is 0 Å². The van der Waals surface area contributed by atoms with Crippen LogP contribution in [0.1, 0.15) is 32.6 Å². The third-order valence-corrected chi connectivity index (χ3v) is 4.00. The number of aliphatic hydroxyl groups is 1. The molecule has 0 aromatic heterocycles. The van der Waals surface area contributed by atoms with Crippen LogP contribution >= 0.6 is 0 Å². The third-order valence-electron chi connectivity index (χ3n) is 4.00. The average molecular weight is 212 g/mol. The Balaban J connectivity index is 1.96. The van der Waals surface area contributed by atoms with Gasteiger partial charge in [0.1, 0.15) is 0 Å². The molecule has 0 spiro atoms. The summed E-state index contributed by atoms with van der Waals surface area (Å²) in [6.07, 6.45) is 4.61. The highest BCUT2D eigenvalue weighted by Crippen LogP contribution is 2.26. The van der Waals surface area contributed by atoms with Crippen LogP contribution in [0.2, 0.25) is 0 Å². The van der Waals surface area contributed by atoms with E-state index >= 15 is 0 Å². The van der Waals surface area contributed by atoms with Gasteiger partial charge in [-0.25, -0.2) is 0 Å². The highest BCUT2D eigenvalue weighted by atomic mass is 16.3. The maximum atomic E-state index is 10.0. The first-order valence-electron chi connectivity index (χ1n) is 6.31. The second-order valence-electron chi connectivity index (χ2n) is 5.27. The fourth-order valence-corrected chi connectivity index (χ4v) is 3.13. The predicted molar refractivity (Wildman–Crippen MR) is 61.9 cm³/mol. The minimum absolute atomic E-state index is 0.0791. The van der Waals surface area contributed by atoms with E-state index in [-0.39, 0.29) is 6.10 Å². The summed E-state index contributed by atoms with van der Waals surface area (Å²) < 4.78 is 0. The molecule has 1 heterocycles. The molecule has 1 saturated heterocycles. The van der Waals surface area contributed by atoms with Gasteiger partial charge in [-0.3, -0.25) is 4.90 Å². The smallest absolute Gasteiger partial charge is 0.0695 e. The van der Waals surface area contributed by atoms with Gasteiger partial charge >= 0.3 is 0 Å². The van der Waals surface area contributed by atoms with Gasteiger partial charge in [0, 0.05) is 31.7 Å². The summed E-state index contributed by atoms with van der Waals surface area (Å²) in [5.41, 5.74) is 0. The third kappa shape index (κ3) is 2.52. The second kappa shape index (κ2) is 4.81. The van der Waals surface area contributed by atoms with Crippen molar-refractivity contribution in [2.24, 2.45) is 0 Å². The van der Waals surface area contributed by atoms with Crippen molar-refractivity contribution in [3.8, 4) is 0 Å². The topological polar surface area (TPSA) is 26.7 Å². The van der Waals surface area contributed by atoms with Crippen LogP contribution in [0.5, 0.6) is 0 Å². The van der Waals surface area contributed by atoms with Crippen LogP contribution in [0, 0.1) is 0 Å². The van der Waals surface area contributed by atoms with Crippen molar-refractivity contribution in [1.82, 2.24) is 9.80 Å². The second-order valence-corrected chi connectivity index (χ2v) is 5.27. The van der Waals surface area contributed by atoms with E-state index in [1.165, 1.54) is 19.3 Å². The highest BCUT2D eigenvalue weighted by molar-refractivity contribution is 4.89. The molecule has 88 valence electrons. The predicted octanol–water partition coefficient (Wildman–Crippen LogP) is 0.926. The van der Waals surface area contributed by atoms with Crippen LogP contribution in [0.3, 0.4) is 0 Å². The first kappa shape index (κ1) is 11.4. The van der Waals surface area contributed by atoms with Gasteiger partial charge in [-0.1, -0.05) is 12.8 Å². The Morgan fingerprint density at radius 2 is 1.87 bits per heavy atom. The maximum absolute atomic E-state index is 10.0. The average Bonchev–Trinajstić information content (AvgIpc) is 2.20. The Morgan fingerprint density at radius 1 is 1.13 bits per heavy atom. The fraction of sp³-hybridized carbons (Fsp3) is 1.00. The number of likely N-dealkylation sites (N-methyl/N-ethyl adjacent to an activating group) is 1. The van der Waals surface area contributed by atoms with Crippen molar-refractivity contribution in [2.75, 3.05) is 26.7 Å². The van der Waals surface area contributed by atoms with E-state index in [9.17, 15) is 5.11 Å². The van der Waals surface area contributed by atoms with E-state index < -0.39 is 0 Å². The Morgan fingerprint density at radius 3 is 2.53 bits per heavy atom. The van der Waals surface area contributed by atoms with Gasteiger partial charge in [0.15, 0.2) is 0 Å². The Bertz CT molecular complexity index is 210. The summed E-state index contributed by atoms with van der Waals surface area (Å²) in [6, 6.07) is 1.03. The Hall–Kier alpha value is -0.120. The molecule has 1 aliphatic carbocycles. The van der Waals surface area contributed by atoms with Crippen molar-refractivity contribution >= 4 is 0 Å². The molecule has 15 heavy (non-hydrogen) atoms. The molecule has 0 radical (unpaired) electrons. The molecule has 2 rings (SSSR count). The highest BCUT2D eigenvalue weighted by Gasteiger charge is 2.33. The lowest BCUT2D eigenvalue weighted by atomic mass is 9.90. The van der Waals surface area contributed by atoms with Crippen LogP contribution in [0.15, 0.2) is 0 Å². The zero-order chi connectivity index (χ0) is 10.8. The number of hydrogen-bond donors (Lipinski definition) is 1. The van der Waals surface area contributed by atoms with Crippen molar-refractivity contribution in [3.63, 3.8) is 0 Å². The summed E-state index contributed by atoms with van der Waals surface area (Å²) in [5.74, 6) is 0. The number of aliphatic hydroxyl groups excluding tert-OH is 1. The summed E-state index contributed by atoms with van der Waals surface area (Å²) in [7, 11) is 2.19. The molecule has 3 atom stereocenters. The normalized spacial score (nSPS) is 40.6. The van der Waals surface area contributed by atoms with Crippen molar-refractivity contribution in [1.29, 1.82) is 0 Å². The lowest BCUT2D eigenvalue weighted by Gasteiger charge is -2.45. The van der Waals surface area contributed by atoms with E-state index in [0.717, 1.165) is 26.1 Å². The van der Waals surface area contributed by atoms with Crippen LogP contribution in [0.4, 0.5) is 0 Å². The number of nitrogens with zero attached hydrogens (tertiary/aromatic N) is 2. The SMILES string of the molecule is CC1CN(C)CCN1C1CCCCC1O. The molecule has 2 fully saturated rings. The molecule has 2 aliphatic rings.